The molecule has 0 bridgehead atoms. The van der Waals surface area contributed by atoms with Gasteiger partial charge < -0.3 is 9.47 Å². The fraction of sp³-hybridized carbons (Fsp3) is 0.600. The third-order valence-corrected chi connectivity index (χ3v) is 2.73. The largest absolute Gasteiger partial charge is 0.494 e. The van der Waals surface area contributed by atoms with Crippen molar-refractivity contribution in [3.63, 3.8) is 0 Å². The lowest BCUT2D eigenvalue weighted by molar-refractivity contribution is 0.184. The van der Waals surface area contributed by atoms with Crippen LogP contribution in [-0.2, 0) is 11.2 Å². The SMILES string of the molecule is CCCCc1cccc(OCCCCOC)c1. The molecule has 0 saturated carbocycles. The van der Waals surface area contributed by atoms with Crippen LogP contribution in [0.5, 0.6) is 5.75 Å². The van der Waals surface area contributed by atoms with E-state index in [1.807, 2.05) is 6.07 Å². The van der Waals surface area contributed by atoms with Crippen LogP contribution in [0.4, 0.5) is 0 Å². The Hall–Kier alpha value is -1.02. The molecule has 0 spiro atoms. The van der Waals surface area contributed by atoms with Gasteiger partial charge in [0.2, 0.25) is 0 Å². The topological polar surface area (TPSA) is 18.5 Å². The Morgan fingerprint density at radius 2 is 1.88 bits per heavy atom. The smallest absolute Gasteiger partial charge is 0.119 e. The molecule has 0 radical (unpaired) electrons. The first-order valence-corrected chi connectivity index (χ1v) is 6.57. The van der Waals surface area contributed by atoms with E-state index in [2.05, 4.69) is 25.1 Å². The van der Waals surface area contributed by atoms with Crippen molar-refractivity contribution in [3.8, 4) is 5.75 Å². The number of ether oxygens (including phenoxy) is 2. The molecule has 0 atom stereocenters. The lowest BCUT2D eigenvalue weighted by Crippen LogP contribution is -2.00. The van der Waals surface area contributed by atoms with Gasteiger partial charge in [-0.15, -0.1) is 0 Å². The average molecular weight is 236 g/mol. The van der Waals surface area contributed by atoms with Gasteiger partial charge >= 0.3 is 0 Å². The summed E-state index contributed by atoms with van der Waals surface area (Å²) < 4.78 is 10.7. The Kier molecular flexibility index (Phi) is 7.48. The van der Waals surface area contributed by atoms with Gasteiger partial charge in [-0.1, -0.05) is 25.5 Å². The molecule has 1 rings (SSSR count). The normalized spacial score (nSPS) is 10.5. The molecule has 1 aromatic rings. The van der Waals surface area contributed by atoms with Gasteiger partial charge in [-0.3, -0.25) is 0 Å². The number of hydrogen-bond acceptors (Lipinski definition) is 2. The molecule has 0 heterocycles. The van der Waals surface area contributed by atoms with E-state index in [0.29, 0.717) is 0 Å². The minimum atomic E-state index is 0.778. The molecule has 1 aromatic carbocycles. The van der Waals surface area contributed by atoms with Crippen molar-refractivity contribution in [2.75, 3.05) is 20.3 Å². The monoisotopic (exact) mass is 236 g/mol. The molecule has 2 nitrogen and oxygen atoms in total. The molecule has 0 aliphatic rings. The van der Waals surface area contributed by atoms with Gasteiger partial charge in [-0.05, 0) is 43.4 Å². The van der Waals surface area contributed by atoms with Crippen LogP contribution in [0.1, 0.15) is 38.2 Å². The predicted octanol–water partition coefficient (Wildman–Crippen LogP) is 3.83. The van der Waals surface area contributed by atoms with Crippen LogP contribution >= 0.6 is 0 Å². The molecule has 2 heteroatoms. The van der Waals surface area contributed by atoms with E-state index in [1.165, 1.54) is 18.4 Å². The highest BCUT2D eigenvalue weighted by Gasteiger charge is 1.97. The number of benzene rings is 1. The molecule has 0 aliphatic heterocycles. The van der Waals surface area contributed by atoms with E-state index in [0.717, 1.165) is 38.2 Å². The van der Waals surface area contributed by atoms with Gasteiger partial charge in [-0.25, -0.2) is 0 Å². The maximum atomic E-state index is 5.72. The van der Waals surface area contributed by atoms with E-state index in [4.69, 9.17) is 9.47 Å². The van der Waals surface area contributed by atoms with Crippen LogP contribution in [-0.4, -0.2) is 20.3 Å². The number of aryl methyl sites for hydroxylation is 1. The Balaban J connectivity index is 2.27. The summed E-state index contributed by atoms with van der Waals surface area (Å²) in [6.45, 7) is 3.82. The molecule has 0 amide bonds. The summed E-state index contributed by atoms with van der Waals surface area (Å²) in [4.78, 5) is 0. The van der Waals surface area contributed by atoms with Gasteiger partial charge in [0, 0.05) is 13.7 Å². The van der Waals surface area contributed by atoms with E-state index < -0.39 is 0 Å². The van der Waals surface area contributed by atoms with Crippen LogP contribution < -0.4 is 4.74 Å². The van der Waals surface area contributed by atoms with E-state index >= 15 is 0 Å². The van der Waals surface area contributed by atoms with Crippen molar-refractivity contribution >= 4 is 0 Å². The van der Waals surface area contributed by atoms with Gasteiger partial charge in [0.15, 0.2) is 0 Å². The van der Waals surface area contributed by atoms with E-state index in [9.17, 15) is 0 Å². The highest BCUT2D eigenvalue weighted by molar-refractivity contribution is 5.28. The highest BCUT2D eigenvalue weighted by Crippen LogP contribution is 2.15. The lowest BCUT2D eigenvalue weighted by atomic mass is 10.1. The summed E-state index contributed by atoms with van der Waals surface area (Å²) >= 11 is 0. The summed E-state index contributed by atoms with van der Waals surface area (Å²) in [5.41, 5.74) is 1.38. The van der Waals surface area contributed by atoms with Crippen LogP contribution in [0.2, 0.25) is 0 Å². The minimum absolute atomic E-state index is 0.778. The van der Waals surface area contributed by atoms with Crippen molar-refractivity contribution < 1.29 is 9.47 Å². The first-order valence-electron chi connectivity index (χ1n) is 6.57. The third-order valence-electron chi connectivity index (χ3n) is 2.73. The standard InChI is InChI=1S/C15H24O2/c1-3-4-8-14-9-7-10-15(13-14)17-12-6-5-11-16-2/h7,9-10,13H,3-6,8,11-12H2,1-2H3. The van der Waals surface area contributed by atoms with Crippen LogP contribution in [0.3, 0.4) is 0 Å². The molecular formula is C15H24O2. The Morgan fingerprint density at radius 1 is 1.06 bits per heavy atom. The van der Waals surface area contributed by atoms with Crippen molar-refractivity contribution in [1.82, 2.24) is 0 Å². The zero-order valence-electron chi connectivity index (χ0n) is 11.1. The molecular weight excluding hydrogens is 212 g/mol. The van der Waals surface area contributed by atoms with E-state index in [1.54, 1.807) is 7.11 Å². The van der Waals surface area contributed by atoms with Gasteiger partial charge in [0.25, 0.3) is 0 Å². The lowest BCUT2D eigenvalue weighted by Gasteiger charge is -2.07. The Morgan fingerprint density at radius 3 is 2.65 bits per heavy atom. The summed E-state index contributed by atoms with van der Waals surface area (Å²) in [5.74, 6) is 0.996. The first-order chi connectivity index (χ1) is 8.36. The second-order valence-corrected chi connectivity index (χ2v) is 4.30. The fourth-order valence-corrected chi connectivity index (χ4v) is 1.71. The van der Waals surface area contributed by atoms with Crippen molar-refractivity contribution in [1.29, 1.82) is 0 Å². The minimum Gasteiger partial charge on any atom is -0.494 e. The van der Waals surface area contributed by atoms with Gasteiger partial charge in [0.05, 0.1) is 6.61 Å². The summed E-state index contributed by atoms with van der Waals surface area (Å²) in [6, 6.07) is 8.45. The number of hydrogen-bond donors (Lipinski definition) is 0. The summed E-state index contributed by atoms with van der Waals surface area (Å²) in [7, 11) is 1.73. The second-order valence-electron chi connectivity index (χ2n) is 4.30. The molecule has 0 N–H and O–H groups in total. The molecule has 0 unspecified atom stereocenters. The molecule has 0 saturated heterocycles. The van der Waals surface area contributed by atoms with Gasteiger partial charge in [-0.2, -0.15) is 0 Å². The van der Waals surface area contributed by atoms with E-state index in [-0.39, 0.29) is 0 Å². The molecule has 0 fully saturated rings. The first kappa shape index (κ1) is 14.0. The van der Waals surface area contributed by atoms with Crippen molar-refractivity contribution in [2.24, 2.45) is 0 Å². The number of unbranched alkanes of at least 4 members (excludes halogenated alkanes) is 2. The molecule has 17 heavy (non-hydrogen) atoms. The third kappa shape index (κ3) is 6.32. The summed E-state index contributed by atoms with van der Waals surface area (Å²) in [6.07, 6.45) is 5.75. The zero-order chi connectivity index (χ0) is 12.3. The number of methoxy groups -OCH3 is 1. The second kappa shape index (κ2) is 9.06. The zero-order valence-corrected chi connectivity index (χ0v) is 11.1. The Labute approximate surface area is 105 Å². The molecule has 0 aromatic heterocycles. The van der Waals surface area contributed by atoms with Crippen molar-refractivity contribution in [2.45, 2.75) is 39.0 Å². The fourth-order valence-electron chi connectivity index (χ4n) is 1.71. The van der Waals surface area contributed by atoms with Gasteiger partial charge in [0.1, 0.15) is 5.75 Å². The van der Waals surface area contributed by atoms with Crippen molar-refractivity contribution in [3.05, 3.63) is 29.8 Å². The maximum absolute atomic E-state index is 5.72. The number of rotatable bonds is 9. The summed E-state index contributed by atoms with van der Waals surface area (Å²) in [5, 5.41) is 0. The molecule has 96 valence electrons. The quantitative estimate of drug-likeness (QED) is 0.607. The molecule has 0 aliphatic carbocycles. The Bertz CT molecular complexity index is 297. The average Bonchev–Trinajstić information content (AvgIpc) is 2.37. The van der Waals surface area contributed by atoms with Crippen LogP contribution in [0.15, 0.2) is 24.3 Å². The highest BCUT2D eigenvalue weighted by atomic mass is 16.5. The predicted molar refractivity (Wildman–Crippen MR) is 71.7 cm³/mol. The van der Waals surface area contributed by atoms with Crippen LogP contribution in [0.25, 0.3) is 0 Å². The van der Waals surface area contributed by atoms with Crippen LogP contribution in [0, 0.1) is 0 Å². The maximum Gasteiger partial charge on any atom is 0.119 e.